The highest BCUT2D eigenvalue weighted by atomic mass is 32.1. The van der Waals surface area contributed by atoms with Crippen LogP contribution < -0.4 is 10.2 Å². The molecule has 0 fully saturated rings. The van der Waals surface area contributed by atoms with Crippen LogP contribution in [0.3, 0.4) is 0 Å². The fourth-order valence-corrected chi connectivity index (χ4v) is 4.46. The Morgan fingerprint density at radius 3 is 2.96 bits per heavy atom. The van der Waals surface area contributed by atoms with Gasteiger partial charge in [-0.2, -0.15) is 0 Å². The second-order valence-corrected chi connectivity index (χ2v) is 8.47. The molecule has 1 unspecified atom stereocenters. The summed E-state index contributed by atoms with van der Waals surface area (Å²) in [5, 5.41) is 6.08. The number of hydrogen-bond donors (Lipinski definition) is 1. The van der Waals surface area contributed by atoms with Crippen molar-refractivity contribution >= 4 is 22.9 Å². The fourth-order valence-electron chi connectivity index (χ4n) is 3.63. The van der Waals surface area contributed by atoms with E-state index in [4.69, 9.17) is 4.42 Å². The van der Waals surface area contributed by atoms with Crippen molar-refractivity contribution < 1.29 is 9.21 Å². The maximum Gasteiger partial charge on any atom is 0.255 e. The Kier molecular flexibility index (Phi) is 5.22. The largest absolute Gasteiger partial charge is 0.467 e. The van der Waals surface area contributed by atoms with Crippen molar-refractivity contribution in [2.45, 2.75) is 52.2 Å². The third kappa shape index (κ3) is 3.69. The Morgan fingerprint density at radius 1 is 1.36 bits per heavy atom. The number of nitrogens with zero attached hydrogens (tertiary/aromatic N) is 2. The second-order valence-electron chi connectivity index (χ2n) is 7.58. The van der Waals surface area contributed by atoms with E-state index in [0.717, 1.165) is 17.1 Å². The number of rotatable bonds is 6. The Balaban J connectivity index is 1.44. The lowest BCUT2D eigenvalue weighted by Crippen LogP contribution is -2.30. The zero-order valence-electron chi connectivity index (χ0n) is 16.4. The van der Waals surface area contributed by atoms with Gasteiger partial charge in [0.25, 0.3) is 5.91 Å². The minimum Gasteiger partial charge on any atom is -0.467 e. The normalized spacial score (nSPS) is 15.9. The first-order valence-corrected chi connectivity index (χ1v) is 10.5. The van der Waals surface area contributed by atoms with E-state index in [1.807, 2.05) is 5.38 Å². The maximum atomic E-state index is 12.7. The predicted molar refractivity (Wildman–Crippen MR) is 112 cm³/mol. The van der Waals surface area contributed by atoms with Crippen LogP contribution in [0.25, 0.3) is 0 Å². The number of para-hydroxylation sites is 1. The average molecular weight is 396 g/mol. The van der Waals surface area contributed by atoms with E-state index < -0.39 is 0 Å². The smallest absolute Gasteiger partial charge is 0.255 e. The summed E-state index contributed by atoms with van der Waals surface area (Å²) in [4.78, 5) is 19.6. The topological polar surface area (TPSA) is 58.4 Å². The summed E-state index contributed by atoms with van der Waals surface area (Å²) in [6, 6.07) is 10.6. The molecule has 0 aliphatic carbocycles. The number of carbonyl (C=O) groups is 1. The number of anilines is 1. The molecule has 2 aromatic heterocycles. The molecule has 0 spiro atoms. The first-order chi connectivity index (χ1) is 13.5. The van der Waals surface area contributed by atoms with E-state index >= 15 is 0 Å². The van der Waals surface area contributed by atoms with Gasteiger partial charge in [0.15, 0.2) is 0 Å². The van der Waals surface area contributed by atoms with E-state index in [1.165, 1.54) is 11.3 Å². The van der Waals surface area contributed by atoms with Crippen molar-refractivity contribution in [2.75, 3.05) is 4.90 Å². The van der Waals surface area contributed by atoms with E-state index in [9.17, 15) is 4.79 Å². The molecule has 3 heterocycles. The SMILES string of the molecule is CC(C)c1nc(CNC(=O)c2ccoc2CN2c3ccccc3CC2C)cs1. The van der Waals surface area contributed by atoms with Crippen LogP contribution in [0.5, 0.6) is 0 Å². The molecule has 1 N–H and O–H groups in total. The number of aromatic nitrogens is 1. The lowest BCUT2D eigenvalue weighted by molar-refractivity contribution is 0.0948. The summed E-state index contributed by atoms with van der Waals surface area (Å²) >= 11 is 1.64. The van der Waals surface area contributed by atoms with Crippen LogP contribution >= 0.6 is 11.3 Å². The van der Waals surface area contributed by atoms with Crippen molar-refractivity contribution in [1.82, 2.24) is 10.3 Å². The Hall–Kier alpha value is -2.60. The molecule has 146 valence electrons. The highest BCUT2D eigenvalue weighted by molar-refractivity contribution is 7.09. The van der Waals surface area contributed by atoms with Crippen LogP contribution in [0.4, 0.5) is 5.69 Å². The van der Waals surface area contributed by atoms with E-state index in [2.05, 4.69) is 60.2 Å². The second kappa shape index (κ2) is 7.80. The summed E-state index contributed by atoms with van der Waals surface area (Å²) < 4.78 is 5.68. The molecule has 0 bridgehead atoms. The zero-order valence-corrected chi connectivity index (χ0v) is 17.3. The molecule has 4 rings (SSSR count). The van der Waals surface area contributed by atoms with Gasteiger partial charge in [-0.1, -0.05) is 32.0 Å². The van der Waals surface area contributed by atoms with Gasteiger partial charge in [0, 0.05) is 23.0 Å². The lowest BCUT2D eigenvalue weighted by atomic mass is 10.1. The minimum absolute atomic E-state index is 0.122. The van der Waals surface area contributed by atoms with Crippen LogP contribution in [0.1, 0.15) is 59.1 Å². The molecule has 5 nitrogen and oxygen atoms in total. The third-order valence-electron chi connectivity index (χ3n) is 5.15. The summed E-state index contributed by atoms with van der Waals surface area (Å²) in [5.41, 5.74) is 4.06. The van der Waals surface area contributed by atoms with Gasteiger partial charge in [0.1, 0.15) is 5.76 Å². The van der Waals surface area contributed by atoms with Crippen LogP contribution in [-0.4, -0.2) is 16.9 Å². The number of carbonyl (C=O) groups excluding carboxylic acids is 1. The Bertz CT molecular complexity index is 976. The number of fused-ring (bicyclic) bond motifs is 1. The van der Waals surface area contributed by atoms with E-state index in [0.29, 0.717) is 36.4 Å². The fraction of sp³-hybridized carbons (Fsp3) is 0.364. The van der Waals surface area contributed by atoms with Gasteiger partial charge >= 0.3 is 0 Å². The van der Waals surface area contributed by atoms with Gasteiger partial charge in [-0.3, -0.25) is 4.79 Å². The monoisotopic (exact) mass is 395 g/mol. The first kappa shape index (κ1) is 18.7. The van der Waals surface area contributed by atoms with Crippen molar-refractivity contribution in [3.63, 3.8) is 0 Å². The Morgan fingerprint density at radius 2 is 2.18 bits per heavy atom. The van der Waals surface area contributed by atoms with Gasteiger partial charge in [0.2, 0.25) is 0 Å². The minimum atomic E-state index is -0.122. The molecule has 6 heteroatoms. The predicted octanol–water partition coefficient (Wildman–Crippen LogP) is 4.74. The molecule has 1 aliphatic heterocycles. The number of thiazole rings is 1. The third-order valence-corrected chi connectivity index (χ3v) is 6.34. The highest BCUT2D eigenvalue weighted by Gasteiger charge is 2.28. The zero-order chi connectivity index (χ0) is 19.7. The van der Waals surface area contributed by atoms with E-state index in [-0.39, 0.29) is 5.91 Å². The van der Waals surface area contributed by atoms with Gasteiger partial charge < -0.3 is 14.6 Å². The van der Waals surface area contributed by atoms with Crippen molar-refractivity contribution in [3.8, 4) is 0 Å². The summed E-state index contributed by atoms with van der Waals surface area (Å²) in [7, 11) is 0. The molecular formula is C22H25N3O2S. The summed E-state index contributed by atoms with van der Waals surface area (Å²) in [6.07, 6.45) is 2.61. The van der Waals surface area contributed by atoms with Crippen LogP contribution in [-0.2, 0) is 19.5 Å². The van der Waals surface area contributed by atoms with Crippen LogP contribution in [0.15, 0.2) is 46.4 Å². The highest BCUT2D eigenvalue weighted by Crippen LogP contribution is 2.33. The first-order valence-electron chi connectivity index (χ1n) is 9.66. The number of hydrogen-bond acceptors (Lipinski definition) is 5. The number of amides is 1. The van der Waals surface area contributed by atoms with Gasteiger partial charge in [0.05, 0.1) is 35.6 Å². The van der Waals surface area contributed by atoms with Gasteiger partial charge in [-0.25, -0.2) is 4.98 Å². The van der Waals surface area contributed by atoms with Crippen molar-refractivity contribution in [1.29, 1.82) is 0 Å². The van der Waals surface area contributed by atoms with Crippen LogP contribution in [0, 0.1) is 0 Å². The summed E-state index contributed by atoms with van der Waals surface area (Å²) in [6.45, 7) is 7.46. The van der Waals surface area contributed by atoms with E-state index in [1.54, 1.807) is 23.7 Å². The molecule has 1 atom stereocenters. The molecule has 0 radical (unpaired) electrons. The molecule has 0 saturated carbocycles. The molecular weight excluding hydrogens is 370 g/mol. The quantitative estimate of drug-likeness (QED) is 0.655. The maximum absolute atomic E-state index is 12.7. The number of benzene rings is 1. The van der Waals surface area contributed by atoms with Crippen molar-refractivity contribution in [2.24, 2.45) is 0 Å². The standard InChI is InChI=1S/C22H25N3O2S/c1-14(2)22-24-17(13-28-22)11-23-21(26)18-8-9-27-20(18)12-25-15(3)10-16-6-4-5-7-19(16)25/h4-9,13-15H,10-12H2,1-3H3,(H,23,26). The molecule has 1 aromatic carbocycles. The van der Waals surface area contributed by atoms with Crippen LogP contribution in [0.2, 0.25) is 0 Å². The van der Waals surface area contributed by atoms with Gasteiger partial charge in [-0.15, -0.1) is 11.3 Å². The molecule has 3 aromatic rings. The van der Waals surface area contributed by atoms with Gasteiger partial charge in [-0.05, 0) is 31.0 Å². The summed E-state index contributed by atoms with van der Waals surface area (Å²) in [5.74, 6) is 0.977. The number of furan rings is 1. The molecule has 0 saturated heterocycles. The lowest BCUT2D eigenvalue weighted by Gasteiger charge is -2.24. The molecule has 28 heavy (non-hydrogen) atoms. The Labute approximate surface area is 169 Å². The average Bonchev–Trinajstić information content (AvgIpc) is 3.40. The molecule has 1 amide bonds. The van der Waals surface area contributed by atoms with Crippen molar-refractivity contribution in [3.05, 3.63) is 69.6 Å². The molecule has 1 aliphatic rings. The number of nitrogens with one attached hydrogen (secondary N) is 1.